The average molecular weight is 140 g/mol. The molecule has 0 spiro atoms. The number of nitrogens with zero attached hydrogens (tertiary/aromatic N) is 2. The average Bonchev–Trinajstić information content (AvgIpc) is 1.99. The molecule has 0 heterocycles. The zero-order valence-corrected chi connectivity index (χ0v) is 5.70. The minimum Gasteiger partial charge on any atom is -0.460 e. The van der Waals surface area contributed by atoms with Gasteiger partial charge in [0.15, 0.2) is 0 Å². The van der Waals surface area contributed by atoms with Gasteiger partial charge in [0.2, 0.25) is 0 Å². The molecule has 4 heteroatoms. The highest BCUT2D eigenvalue weighted by Crippen LogP contribution is 1.85. The lowest BCUT2D eigenvalue weighted by Crippen LogP contribution is -2.15. The zero-order chi connectivity index (χ0) is 7.98. The van der Waals surface area contributed by atoms with Gasteiger partial charge >= 0.3 is 11.7 Å². The van der Waals surface area contributed by atoms with Crippen molar-refractivity contribution in [3.05, 3.63) is 18.2 Å². The largest absolute Gasteiger partial charge is 0.460 e. The predicted octanol–water partition coefficient (Wildman–Crippen LogP) is 0.406. The van der Waals surface area contributed by atoms with Crippen molar-refractivity contribution in [2.45, 2.75) is 6.42 Å². The van der Waals surface area contributed by atoms with Gasteiger partial charge in [-0.25, -0.2) is 4.79 Å². The van der Waals surface area contributed by atoms with Gasteiger partial charge < -0.3 is 10.3 Å². The summed E-state index contributed by atoms with van der Waals surface area (Å²) in [5.41, 5.74) is 8.15. The summed E-state index contributed by atoms with van der Waals surface area (Å²) in [5.74, 6) is -0.637. The van der Waals surface area contributed by atoms with Gasteiger partial charge in [-0.05, 0) is 0 Å². The van der Waals surface area contributed by atoms with Gasteiger partial charge in [0.1, 0.15) is 0 Å². The van der Waals surface area contributed by atoms with Crippen LogP contribution in [0, 0.1) is 0 Å². The fourth-order valence-corrected chi connectivity index (χ4v) is 0.420. The molecule has 0 aliphatic heterocycles. The molecule has 0 amide bonds. The van der Waals surface area contributed by atoms with Crippen molar-refractivity contribution in [2.75, 3.05) is 7.11 Å². The topological polar surface area (TPSA) is 62.7 Å². The van der Waals surface area contributed by atoms with Crippen LogP contribution in [0.1, 0.15) is 6.42 Å². The number of rotatable bonds is 3. The maximum Gasteiger partial charge on any atom is 0.416 e. The molecule has 0 saturated carbocycles. The van der Waals surface area contributed by atoms with Crippen LogP contribution in [0.4, 0.5) is 0 Å². The van der Waals surface area contributed by atoms with E-state index < -0.39 is 5.97 Å². The molecule has 0 bridgehead atoms. The third kappa shape index (κ3) is 2.24. The summed E-state index contributed by atoms with van der Waals surface area (Å²) in [6.45, 7) is 3.37. The minimum absolute atomic E-state index is 0.0440. The lowest BCUT2D eigenvalue weighted by molar-refractivity contribution is -0.137. The van der Waals surface area contributed by atoms with Crippen molar-refractivity contribution < 1.29 is 14.3 Å². The number of ether oxygens (including phenoxy) is 1. The van der Waals surface area contributed by atoms with E-state index in [1.54, 1.807) is 0 Å². The Bertz CT molecular complexity index is 192. The first kappa shape index (κ1) is 8.59. The molecular weight excluding hydrogens is 132 g/mol. The maximum absolute atomic E-state index is 10.6. The summed E-state index contributed by atoms with van der Waals surface area (Å²) >= 11 is 0. The molecule has 0 fully saturated rings. The van der Waals surface area contributed by atoms with Crippen LogP contribution < -0.4 is 0 Å². The molecule has 0 saturated heterocycles. The molecule has 0 aromatic carbocycles. The highest BCUT2D eigenvalue weighted by atomic mass is 16.5. The van der Waals surface area contributed by atoms with Crippen molar-refractivity contribution in [3.8, 4) is 0 Å². The lowest BCUT2D eigenvalue weighted by atomic mass is 10.3. The third-order valence-corrected chi connectivity index (χ3v) is 0.879. The van der Waals surface area contributed by atoms with Crippen molar-refractivity contribution >= 4 is 11.7 Å². The monoisotopic (exact) mass is 140 g/mol. The molecule has 0 atom stereocenters. The fraction of sp³-hybridized carbons (Fsp3) is 0.333. The number of hydrogen-bond acceptors (Lipinski definition) is 2. The van der Waals surface area contributed by atoms with Gasteiger partial charge in [-0.2, -0.15) is 4.79 Å². The molecule has 4 nitrogen and oxygen atoms in total. The van der Waals surface area contributed by atoms with E-state index in [2.05, 4.69) is 16.1 Å². The highest BCUT2D eigenvalue weighted by molar-refractivity contribution is 6.34. The number of hydrogen-bond donors (Lipinski definition) is 0. The minimum atomic E-state index is -0.637. The second-order valence-electron chi connectivity index (χ2n) is 1.53. The van der Waals surface area contributed by atoms with Gasteiger partial charge in [-0.15, -0.1) is 6.58 Å². The molecule has 0 unspecified atom stereocenters. The van der Waals surface area contributed by atoms with Gasteiger partial charge in [0.05, 0.1) is 13.5 Å². The Morgan fingerprint density at radius 2 is 2.50 bits per heavy atom. The normalized spacial score (nSPS) is 7.70. The summed E-state index contributed by atoms with van der Waals surface area (Å²) < 4.78 is 4.28. The number of methoxy groups -OCH3 is 1. The third-order valence-electron chi connectivity index (χ3n) is 0.879. The number of esters is 1. The first-order chi connectivity index (χ1) is 4.76. The Labute approximate surface area is 58.7 Å². The molecule has 0 aliphatic carbocycles. The van der Waals surface area contributed by atoms with E-state index in [4.69, 9.17) is 5.53 Å². The van der Waals surface area contributed by atoms with Crippen LogP contribution >= 0.6 is 0 Å². The standard InChI is InChI=1S/C6H8N2O2/c1-3-4-5(8-7)6(9)10-2/h3H,1,4H2,2H3. The zero-order valence-electron chi connectivity index (χ0n) is 5.70. The number of carbonyl (C=O) groups is 1. The Kier molecular flexibility index (Phi) is 3.84. The molecule has 0 N–H and O–H groups in total. The van der Waals surface area contributed by atoms with E-state index in [-0.39, 0.29) is 12.1 Å². The summed E-state index contributed by atoms with van der Waals surface area (Å²) in [4.78, 5) is 13.3. The van der Waals surface area contributed by atoms with Gasteiger partial charge in [-0.1, -0.05) is 6.08 Å². The van der Waals surface area contributed by atoms with E-state index in [1.165, 1.54) is 13.2 Å². The predicted molar refractivity (Wildman–Crippen MR) is 35.5 cm³/mol. The molecular formula is C6H8N2O2. The number of allylic oxidation sites excluding steroid dienone is 1. The van der Waals surface area contributed by atoms with Crippen molar-refractivity contribution in [1.82, 2.24) is 0 Å². The Hall–Kier alpha value is -1.41. The summed E-state index contributed by atoms with van der Waals surface area (Å²) in [6, 6.07) is 0. The van der Waals surface area contributed by atoms with Crippen LogP contribution in [-0.2, 0) is 9.53 Å². The van der Waals surface area contributed by atoms with Crippen LogP contribution in [0.25, 0.3) is 5.53 Å². The Morgan fingerprint density at radius 3 is 2.80 bits per heavy atom. The second-order valence-corrected chi connectivity index (χ2v) is 1.53. The van der Waals surface area contributed by atoms with E-state index in [9.17, 15) is 4.79 Å². The van der Waals surface area contributed by atoms with Crippen LogP contribution in [0.15, 0.2) is 12.7 Å². The van der Waals surface area contributed by atoms with Crippen LogP contribution in [-0.4, -0.2) is 23.6 Å². The summed E-state index contributed by atoms with van der Waals surface area (Å²) in [7, 11) is 1.22. The summed E-state index contributed by atoms with van der Waals surface area (Å²) in [5, 5.41) is 0. The molecule has 54 valence electrons. The van der Waals surface area contributed by atoms with E-state index in [1.807, 2.05) is 0 Å². The SMILES string of the molecule is C=CCC(=[N+]=[N-])C(=O)OC. The first-order valence-electron chi connectivity index (χ1n) is 2.66. The van der Waals surface area contributed by atoms with E-state index in [0.717, 1.165) is 0 Å². The number of carbonyl (C=O) groups excluding carboxylic acids is 1. The summed E-state index contributed by atoms with van der Waals surface area (Å²) in [6.07, 6.45) is 1.66. The van der Waals surface area contributed by atoms with E-state index >= 15 is 0 Å². The first-order valence-corrected chi connectivity index (χ1v) is 2.66. The second kappa shape index (κ2) is 4.47. The lowest BCUT2D eigenvalue weighted by Gasteiger charge is -1.88. The molecule has 0 rings (SSSR count). The van der Waals surface area contributed by atoms with Crippen molar-refractivity contribution in [3.63, 3.8) is 0 Å². The van der Waals surface area contributed by atoms with Crippen molar-refractivity contribution in [1.29, 1.82) is 0 Å². The van der Waals surface area contributed by atoms with Gasteiger partial charge in [0.25, 0.3) is 0 Å². The van der Waals surface area contributed by atoms with Gasteiger partial charge in [-0.3, -0.25) is 0 Å². The van der Waals surface area contributed by atoms with Crippen molar-refractivity contribution in [2.24, 2.45) is 0 Å². The maximum atomic E-state index is 10.6. The smallest absolute Gasteiger partial charge is 0.416 e. The quantitative estimate of drug-likeness (QED) is 0.187. The van der Waals surface area contributed by atoms with Crippen LogP contribution in [0.2, 0.25) is 0 Å². The molecule has 0 aromatic heterocycles. The fourth-order valence-electron chi connectivity index (χ4n) is 0.420. The molecule has 0 aliphatic rings. The van der Waals surface area contributed by atoms with Crippen LogP contribution in [0.3, 0.4) is 0 Å². The van der Waals surface area contributed by atoms with Gasteiger partial charge in [0, 0.05) is 0 Å². The Balaban J connectivity index is 4.22. The van der Waals surface area contributed by atoms with E-state index in [0.29, 0.717) is 0 Å². The Morgan fingerprint density at radius 1 is 1.90 bits per heavy atom. The highest BCUT2D eigenvalue weighted by Gasteiger charge is 2.17. The molecule has 10 heavy (non-hydrogen) atoms. The van der Waals surface area contributed by atoms with Crippen LogP contribution in [0.5, 0.6) is 0 Å². The molecule has 0 aromatic rings. The molecule has 0 radical (unpaired) electrons.